The van der Waals surface area contributed by atoms with Gasteiger partial charge in [0.15, 0.2) is 5.76 Å². The number of aliphatic carboxylic acids is 2. The van der Waals surface area contributed by atoms with Crippen LogP contribution in [-0.4, -0.2) is 85.6 Å². The summed E-state index contributed by atoms with van der Waals surface area (Å²) in [5, 5.41) is 32.5. The van der Waals surface area contributed by atoms with E-state index in [9.17, 15) is 36.5 Å². The summed E-state index contributed by atoms with van der Waals surface area (Å²) in [6.45, 7) is 1.62. The number of nitrogens with one attached hydrogen (secondary N) is 2. The number of carbonyl (C=O) groups is 2. The molecule has 0 amide bonds. The van der Waals surface area contributed by atoms with Crippen LogP contribution in [0, 0.1) is 10.1 Å². The minimum absolute atomic E-state index is 0.0893. The number of carboxylic acid groups (broad SMARTS) is 2. The highest BCUT2D eigenvalue weighted by Crippen LogP contribution is 2.27. The van der Waals surface area contributed by atoms with E-state index in [1.54, 1.807) is 6.20 Å². The van der Waals surface area contributed by atoms with E-state index in [0.29, 0.717) is 24.0 Å². The van der Waals surface area contributed by atoms with Crippen LogP contribution in [0.15, 0.2) is 53.3 Å². The predicted molar refractivity (Wildman–Crippen MR) is 156 cm³/mol. The Balaban J connectivity index is 0.000000376. The molecule has 5 rings (SSSR count). The molecule has 2 aliphatic rings. The van der Waals surface area contributed by atoms with Gasteiger partial charge in [0.25, 0.3) is 6.01 Å². The second-order valence-corrected chi connectivity index (χ2v) is 10.6. The first-order chi connectivity index (χ1) is 22.5. The smallest absolute Gasteiger partial charge is 0.475 e. The summed E-state index contributed by atoms with van der Waals surface area (Å²) in [7, 11) is 0. The summed E-state index contributed by atoms with van der Waals surface area (Å²) in [6.07, 6.45) is 0.769. The lowest BCUT2D eigenvalue weighted by atomic mass is 9.89. The quantitative estimate of drug-likeness (QED) is 0.142. The van der Waals surface area contributed by atoms with Crippen molar-refractivity contribution in [3.63, 3.8) is 0 Å². The Hall–Kier alpha value is -5.01. The molecule has 0 unspecified atom stereocenters. The lowest BCUT2D eigenvalue weighted by molar-refractivity contribution is -0.385. The van der Waals surface area contributed by atoms with Gasteiger partial charge in [-0.25, -0.2) is 24.5 Å². The molecule has 1 aliphatic heterocycles. The second-order valence-electron chi connectivity index (χ2n) is 10.6. The molecule has 2 fully saturated rings. The average Bonchev–Trinajstić information content (AvgIpc) is 3.51. The van der Waals surface area contributed by atoms with Crippen molar-refractivity contribution in [2.45, 2.75) is 69.0 Å². The molecule has 4 N–H and O–H groups in total. The Morgan fingerprint density at radius 1 is 0.875 bits per heavy atom. The number of anilines is 2. The third kappa shape index (κ3) is 11.7. The number of nitro groups is 1. The molecule has 14 nitrogen and oxygen atoms in total. The van der Waals surface area contributed by atoms with Gasteiger partial charge in [-0.05, 0) is 25.7 Å². The van der Waals surface area contributed by atoms with Crippen molar-refractivity contribution in [3.8, 4) is 11.3 Å². The molecule has 0 bridgehead atoms. The molecular formula is C28H31F6N7O7. The Labute approximate surface area is 268 Å². The number of benzene rings is 1. The van der Waals surface area contributed by atoms with Crippen molar-refractivity contribution in [1.29, 1.82) is 0 Å². The van der Waals surface area contributed by atoms with Crippen molar-refractivity contribution in [1.82, 2.24) is 20.3 Å². The minimum atomic E-state index is -5.08. The molecule has 3 heterocycles. The first-order valence-electron chi connectivity index (χ1n) is 14.4. The van der Waals surface area contributed by atoms with Crippen LogP contribution < -0.4 is 15.5 Å². The lowest BCUT2D eigenvalue weighted by Crippen LogP contribution is -2.55. The largest absolute Gasteiger partial charge is 0.490 e. The van der Waals surface area contributed by atoms with E-state index in [1.165, 1.54) is 25.2 Å². The molecule has 1 aliphatic carbocycles. The molecule has 1 saturated carbocycles. The molecule has 262 valence electrons. The summed E-state index contributed by atoms with van der Waals surface area (Å²) >= 11 is 0. The zero-order valence-electron chi connectivity index (χ0n) is 24.9. The van der Waals surface area contributed by atoms with Gasteiger partial charge >= 0.3 is 30.0 Å². The van der Waals surface area contributed by atoms with E-state index < -0.39 is 29.2 Å². The highest BCUT2D eigenvalue weighted by atomic mass is 19.4. The average molecular weight is 692 g/mol. The molecule has 0 radical (unpaired) electrons. The zero-order valence-corrected chi connectivity index (χ0v) is 24.9. The Bertz CT molecular complexity index is 1470. The maximum Gasteiger partial charge on any atom is 0.490 e. The maximum absolute atomic E-state index is 10.9. The van der Waals surface area contributed by atoms with Gasteiger partial charge in [-0.2, -0.15) is 26.3 Å². The third-order valence-corrected chi connectivity index (χ3v) is 7.11. The molecule has 3 atom stereocenters. The van der Waals surface area contributed by atoms with E-state index in [4.69, 9.17) is 24.2 Å². The molecule has 0 spiro atoms. The number of alkyl halides is 6. The van der Waals surface area contributed by atoms with Crippen LogP contribution in [0.4, 0.5) is 44.0 Å². The fourth-order valence-electron chi connectivity index (χ4n) is 4.91. The predicted octanol–water partition coefficient (Wildman–Crippen LogP) is 5.29. The number of oxazole rings is 1. The number of aromatic nitrogens is 3. The number of hydrogen-bond donors (Lipinski definition) is 4. The molecule has 1 saturated heterocycles. The summed E-state index contributed by atoms with van der Waals surface area (Å²) in [5.74, 6) is -4.21. The van der Waals surface area contributed by atoms with Gasteiger partial charge in [0.2, 0.25) is 5.95 Å². The third-order valence-electron chi connectivity index (χ3n) is 7.11. The second kappa shape index (κ2) is 16.7. The van der Waals surface area contributed by atoms with Gasteiger partial charge in [0.1, 0.15) is 12.4 Å². The number of nitrogens with zero attached hydrogens (tertiary/aromatic N) is 5. The van der Waals surface area contributed by atoms with Crippen LogP contribution in [0.1, 0.15) is 38.5 Å². The van der Waals surface area contributed by atoms with Crippen LogP contribution in [0.5, 0.6) is 0 Å². The molecule has 3 aromatic rings. The van der Waals surface area contributed by atoms with Crippen molar-refractivity contribution in [2.24, 2.45) is 0 Å². The van der Waals surface area contributed by atoms with Crippen molar-refractivity contribution >= 4 is 29.6 Å². The lowest BCUT2D eigenvalue weighted by Gasteiger charge is -2.39. The van der Waals surface area contributed by atoms with Crippen LogP contribution in [0.2, 0.25) is 0 Å². The summed E-state index contributed by atoms with van der Waals surface area (Å²) in [6, 6.07) is 11.4. The fraction of sp³-hybridized carbons (Fsp3) is 0.464. The fourth-order valence-corrected chi connectivity index (χ4v) is 4.91. The monoisotopic (exact) mass is 691 g/mol. The topological polar surface area (TPSA) is 197 Å². The van der Waals surface area contributed by atoms with E-state index in [-0.39, 0.29) is 11.7 Å². The van der Waals surface area contributed by atoms with Crippen LogP contribution in [0.25, 0.3) is 11.3 Å². The number of hydrogen-bond acceptors (Lipinski definition) is 11. The van der Waals surface area contributed by atoms with Crippen molar-refractivity contribution < 1.29 is 55.5 Å². The van der Waals surface area contributed by atoms with Crippen LogP contribution in [0.3, 0.4) is 0 Å². The molecule has 1 aromatic carbocycles. The first kappa shape index (κ1) is 37.4. The summed E-state index contributed by atoms with van der Waals surface area (Å²) in [5.41, 5.74) is 0.922. The van der Waals surface area contributed by atoms with Crippen molar-refractivity contribution in [3.05, 3.63) is 59.0 Å². The molecule has 2 aromatic heterocycles. The highest BCUT2D eigenvalue weighted by Gasteiger charge is 2.39. The van der Waals surface area contributed by atoms with Gasteiger partial charge in [0, 0.05) is 36.8 Å². The summed E-state index contributed by atoms with van der Waals surface area (Å²) in [4.78, 5) is 43.2. The van der Waals surface area contributed by atoms with Gasteiger partial charge in [-0.15, -0.1) is 0 Å². The maximum atomic E-state index is 10.9. The van der Waals surface area contributed by atoms with Gasteiger partial charge in [0.05, 0.1) is 11.1 Å². The number of rotatable bonds is 7. The zero-order chi connectivity index (χ0) is 35.5. The normalized spacial score (nSPS) is 19.5. The molecular weight excluding hydrogens is 660 g/mol. The standard InChI is InChI=1S/C24H29N7O3.2C2HF3O2/c32-31(33)19-13-25-23(26-14-19)30-12-6-9-18(16-30)28-20-10-4-5-11-21(20)29-24-27-15-22(34-24)17-7-2-1-3-8-17;2*3-2(4,5)1(6)7/h1-3,7-8,13-15,18,20-21,28H,4-6,9-12,16H2,(H,27,29);2*(H,6,7)/t18-,20+,21+;;/m0../s1. The Morgan fingerprint density at radius 3 is 1.98 bits per heavy atom. The minimum Gasteiger partial charge on any atom is -0.475 e. The Kier molecular flexibility index (Phi) is 13.0. The molecule has 48 heavy (non-hydrogen) atoms. The SMILES string of the molecule is O=C(O)C(F)(F)F.O=C(O)C(F)(F)F.O=[N+]([O-])c1cnc(N2CCC[C@H](N[C@@H]3CCCC[C@H]3Nc3ncc(-c4ccccc4)o3)C2)nc1. The number of halogens is 6. The number of piperidine rings is 1. The van der Waals surface area contributed by atoms with Crippen molar-refractivity contribution in [2.75, 3.05) is 23.3 Å². The highest BCUT2D eigenvalue weighted by molar-refractivity contribution is 5.73. The van der Waals surface area contributed by atoms with Gasteiger partial charge < -0.3 is 30.2 Å². The van der Waals surface area contributed by atoms with Crippen LogP contribution >= 0.6 is 0 Å². The molecule has 20 heteroatoms. The first-order valence-corrected chi connectivity index (χ1v) is 14.4. The van der Waals surface area contributed by atoms with Gasteiger partial charge in [-0.3, -0.25) is 10.1 Å². The van der Waals surface area contributed by atoms with Gasteiger partial charge in [-0.1, -0.05) is 43.2 Å². The van der Waals surface area contributed by atoms with E-state index >= 15 is 0 Å². The van der Waals surface area contributed by atoms with E-state index in [1.807, 2.05) is 30.3 Å². The van der Waals surface area contributed by atoms with Crippen LogP contribution in [-0.2, 0) is 9.59 Å². The number of carboxylic acids is 2. The van der Waals surface area contributed by atoms with E-state index in [2.05, 4.69) is 30.5 Å². The Morgan fingerprint density at radius 2 is 1.44 bits per heavy atom. The van der Waals surface area contributed by atoms with E-state index in [0.717, 1.165) is 50.1 Å². The summed E-state index contributed by atoms with van der Waals surface area (Å²) < 4.78 is 69.5.